The summed E-state index contributed by atoms with van der Waals surface area (Å²) >= 11 is 0. The largest absolute Gasteiger partial charge is 0.493 e. The van der Waals surface area contributed by atoms with E-state index in [1.165, 1.54) is 26.4 Å². The number of rotatable bonds is 6. The lowest BCUT2D eigenvalue weighted by molar-refractivity contribution is -0.142. The van der Waals surface area contributed by atoms with Crippen LogP contribution in [-0.2, 0) is 10.9 Å². The lowest BCUT2D eigenvalue weighted by Gasteiger charge is -2.12. The third kappa shape index (κ3) is 4.33. The summed E-state index contributed by atoms with van der Waals surface area (Å²) in [5, 5.41) is 6.51. The molecule has 1 amide bonds. The van der Waals surface area contributed by atoms with Crippen molar-refractivity contribution in [1.29, 1.82) is 0 Å². The number of amides is 1. The van der Waals surface area contributed by atoms with E-state index in [-0.39, 0.29) is 29.7 Å². The van der Waals surface area contributed by atoms with Gasteiger partial charge in [-0.05, 0) is 37.1 Å². The smallest absolute Gasteiger partial charge is 0.433 e. The van der Waals surface area contributed by atoms with Crippen LogP contribution in [0.4, 0.5) is 13.2 Å². The second-order valence-corrected chi connectivity index (χ2v) is 7.24. The Bertz CT molecular complexity index is 1140. The molecule has 8 nitrogen and oxygen atoms in total. The first kappa shape index (κ1) is 21.9. The van der Waals surface area contributed by atoms with Gasteiger partial charge >= 0.3 is 6.18 Å². The molecule has 1 aromatic carbocycles. The Kier molecular flexibility index (Phi) is 5.92. The van der Waals surface area contributed by atoms with Crippen molar-refractivity contribution < 1.29 is 32.2 Å². The number of methoxy groups -OCH3 is 2. The summed E-state index contributed by atoms with van der Waals surface area (Å²) in [7, 11) is 2.89. The van der Waals surface area contributed by atoms with Crippen LogP contribution in [0.5, 0.6) is 11.5 Å². The molecule has 1 saturated heterocycles. The summed E-state index contributed by atoms with van der Waals surface area (Å²) in [5.74, 6) is 0.192. The van der Waals surface area contributed by atoms with Gasteiger partial charge in [0.25, 0.3) is 5.91 Å². The standard InChI is InChI=1S/C21H21F3N4O4/c1-30-16-6-5-12(8-17(16)31-2)14-9-18(21(22,23)24)28-19(26-14)10-15(27-28)20(29)25-11-13-4-3-7-32-13/h5-6,8-10,13H,3-4,7,11H2,1-2H3,(H,25,29)/t13-/m0/s1. The van der Waals surface area contributed by atoms with E-state index in [0.717, 1.165) is 18.9 Å². The Hall–Kier alpha value is -3.34. The summed E-state index contributed by atoms with van der Waals surface area (Å²) in [6.45, 7) is 0.899. The predicted molar refractivity (Wildman–Crippen MR) is 108 cm³/mol. The summed E-state index contributed by atoms with van der Waals surface area (Å²) in [5.41, 5.74) is -0.874. The van der Waals surface area contributed by atoms with Gasteiger partial charge in [-0.25, -0.2) is 9.50 Å². The van der Waals surface area contributed by atoms with E-state index in [2.05, 4.69) is 15.4 Å². The Morgan fingerprint density at radius 3 is 2.66 bits per heavy atom. The highest BCUT2D eigenvalue weighted by Gasteiger charge is 2.36. The maximum atomic E-state index is 13.8. The number of fused-ring (bicyclic) bond motifs is 1. The number of hydrogen-bond donors (Lipinski definition) is 1. The highest BCUT2D eigenvalue weighted by molar-refractivity contribution is 5.93. The summed E-state index contributed by atoms with van der Waals surface area (Å²) in [6.07, 6.45) is -3.09. The van der Waals surface area contributed by atoms with Crippen LogP contribution in [0.2, 0.25) is 0 Å². The number of ether oxygens (including phenoxy) is 3. The Morgan fingerprint density at radius 2 is 2.00 bits per heavy atom. The lowest BCUT2D eigenvalue weighted by Crippen LogP contribution is -2.32. The van der Waals surface area contributed by atoms with Crippen LogP contribution in [-0.4, -0.2) is 54.0 Å². The van der Waals surface area contributed by atoms with Crippen molar-refractivity contribution in [3.63, 3.8) is 0 Å². The predicted octanol–water partition coefficient (Wildman–Crippen LogP) is 3.34. The van der Waals surface area contributed by atoms with Gasteiger partial charge in [-0.1, -0.05) is 0 Å². The van der Waals surface area contributed by atoms with Crippen molar-refractivity contribution in [1.82, 2.24) is 19.9 Å². The molecule has 1 aliphatic rings. The third-order valence-electron chi connectivity index (χ3n) is 5.14. The molecule has 1 fully saturated rings. The number of nitrogens with zero attached hydrogens (tertiary/aromatic N) is 3. The molecule has 0 spiro atoms. The van der Waals surface area contributed by atoms with Crippen LogP contribution in [0.1, 0.15) is 29.0 Å². The molecule has 3 aromatic rings. The first-order valence-corrected chi connectivity index (χ1v) is 9.90. The van der Waals surface area contributed by atoms with Gasteiger partial charge in [0.15, 0.2) is 28.5 Å². The molecular weight excluding hydrogens is 429 g/mol. The second kappa shape index (κ2) is 8.65. The third-order valence-corrected chi connectivity index (χ3v) is 5.14. The summed E-state index contributed by atoms with van der Waals surface area (Å²) < 4.78 is 57.8. The van der Waals surface area contributed by atoms with Gasteiger partial charge in [0.1, 0.15) is 0 Å². The summed E-state index contributed by atoms with van der Waals surface area (Å²) in [4.78, 5) is 16.7. The average Bonchev–Trinajstić information content (AvgIpc) is 3.45. The SMILES string of the molecule is COc1ccc(-c2cc(C(F)(F)F)n3nc(C(=O)NC[C@@H]4CCCO4)cc3n2)cc1OC. The van der Waals surface area contributed by atoms with Gasteiger partial charge in [-0.2, -0.15) is 18.3 Å². The van der Waals surface area contributed by atoms with Crippen LogP contribution in [0.25, 0.3) is 16.9 Å². The van der Waals surface area contributed by atoms with Crippen molar-refractivity contribution in [3.8, 4) is 22.8 Å². The number of alkyl halides is 3. The van der Waals surface area contributed by atoms with Gasteiger partial charge in [-0.3, -0.25) is 4.79 Å². The zero-order valence-electron chi connectivity index (χ0n) is 17.4. The number of halogens is 3. The average molecular weight is 450 g/mol. The molecule has 1 atom stereocenters. The van der Waals surface area contributed by atoms with Crippen molar-refractivity contribution in [2.24, 2.45) is 0 Å². The van der Waals surface area contributed by atoms with E-state index in [1.807, 2.05) is 0 Å². The molecule has 1 N–H and O–H groups in total. The molecule has 170 valence electrons. The molecule has 0 aliphatic carbocycles. The Labute approximate surface area is 181 Å². The first-order valence-electron chi connectivity index (χ1n) is 9.90. The molecule has 0 radical (unpaired) electrons. The minimum Gasteiger partial charge on any atom is -0.493 e. The van der Waals surface area contributed by atoms with Crippen LogP contribution >= 0.6 is 0 Å². The number of benzene rings is 1. The number of nitrogens with one attached hydrogen (secondary N) is 1. The fourth-order valence-corrected chi connectivity index (χ4v) is 3.53. The van der Waals surface area contributed by atoms with E-state index in [4.69, 9.17) is 14.2 Å². The van der Waals surface area contributed by atoms with Crippen LogP contribution < -0.4 is 14.8 Å². The van der Waals surface area contributed by atoms with Gasteiger partial charge in [0.05, 0.1) is 26.0 Å². The van der Waals surface area contributed by atoms with Crippen LogP contribution in [0, 0.1) is 0 Å². The molecule has 2 aromatic heterocycles. The zero-order chi connectivity index (χ0) is 22.9. The molecule has 11 heteroatoms. The van der Waals surface area contributed by atoms with E-state index in [0.29, 0.717) is 28.2 Å². The van der Waals surface area contributed by atoms with Gasteiger partial charge in [-0.15, -0.1) is 0 Å². The Morgan fingerprint density at radius 1 is 1.22 bits per heavy atom. The van der Waals surface area contributed by atoms with E-state index >= 15 is 0 Å². The van der Waals surface area contributed by atoms with Crippen molar-refractivity contribution in [2.75, 3.05) is 27.4 Å². The maximum absolute atomic E-state index is 13.8. The fraction of sp³-hybridized carbons (Fsp3) is 0.381. The van der Waals surface area contributed by atoms with Crippen LogP contribution in [0.3, 0.4) is 0 Å². The second-order valence-electron chi connectivity index (χ2n) is 7.24. The molecule has 3 heterocycles. The first-order chi connectivity index (χ1) is 15.3. The number of carbonyl (C=O) groups is 1. The van der Waals surface area contributed by atoms with Crippen LogP contribution in [0.15, 0.2) is 30.3 Å². The monoisotopic (exact) mass is 450 g/mol. The van der Waals surface area contributed by atoms with E-state index in [9.17, 15) is 18.0 Å². The lowest BCUT2D eigenvalue weighted by atomic mass is 10.1. The summed E-state index contributed by atoms with van der Waals surface area (Å²) in [6, 6.07) is 6.79. The topological polar surface area (TPSA) is 87.0 Å². The van der Waals surface area contributed by atoms with E-state index < -0.39 is 17.8 Å². The number of hydrogen-bond acceptors (Lipinski definition) is 6. The van der Waals surface area contributed by atoms with Crippen molar-refractivity contribution in [2.45, 2.75) is 25.1 Å². The van der Waals surface area contributed by atoms with E-state index in [1.54, 1.807) is 12.1 Å². The molecular formula is C21H21F3N4O4. The van der Waals surface area contributed by atoms with Gasteiger partial charge in [0, 0.05) is 24.8 Å². The highest BCUT2D eigenvalue weighted by atomic mass is 19.4. The molecule has 32 heavy (non-hydrogen) atoms. The maximum Gasteiger partial charge on any atom is 0.433 e. The fourth-order valence-electron chi connectivity index (χ4n) is 3.53. The van der Waals surface area contributed by atoms with Crippen molar-refractivity contribution in [3.05, 3.63) is 41.7 Å². The number of aromatic nitrogens is 3. The van der Waals surface area contributed by atoms with Gasteiger partial charge < -0.3 is 19.5 Å². The highest BCUT2D eigenvalue weighted by Crippen LogP contribution is 2.35. The normalized spacial score (nSPS) is 16.3. The van der Waals surface area contributed by atoms with Gasteiger partial charge in [0.2, 0.25) is 0 Å². The van der Waals surface area contributed by atoms with Crippen molar-refractivity contribution >= 4 is 11.6 Å². The molecule has 0 unspecified atom stereocenters. The minimum atomic E-state index is -4.72. The number of carbonyl (C=O) groups excluding carboxylic acids is 1. The quantitative estimate of drug-likeness (QED) is 0.620. The molecule has 4 rings (SSSR count). The molecule has 0 saturated carbocycles. The Balaban J connectivity index is 1.72. The molecule has 0 bridgehead atoms. The molecule has 1 aliphatic heterocycles. The minimum absolute atomic E-state index is 0.0528. The zero-order valence-corrected chi connectivity index (χ0v) is 17.4.